The SMILES string of the molecule is Cc1cc([C@]2(C)OC(=O)c3ccccc32)c2ccccc2c1. The van der Waals surface area contributed by atoms with E-state index in [2.05, 4.69) is 31.2 Å². The molecule has 1 aliphatic rings. The molecular weight excluding hydrogens is 272 g/mol. The zero-order chi connectivity index (χ0) is 15.3. The number of rotatable bonds is 1. The average Bonchev–Trinajstić information content (AvgIpc) is 2.79. The quantitative estimate of drug-likeness (QED) is 0.612. The largest absolute Gasteiger partial charge is 0.446 e. The maximum absolute atomic E-state index is 12.3. The van der Waals surface area contributed by atoms with E-state index < -0.39 is 5.60 Å². The van der Waals surface area contributed by atoms with Crippen molar-refractivity contribution in [3.63, 3.8) is 0 Å². The van der Waals surface area contributed by atoms with Gasteiger partial charge in [-0.3, -0.25) is 0 Å². The lowest BCUT2D eigenvalue weighted by Crippen LogP contribution is -2.24. The first-order valence-corrected chi connectivity index (χ1v) is 7.42. The number of aryl methyl sites for hydroxylation is 1. The van der Waals surface area contributed by atoms with E-state index in [1.807, 2.05) is 43.3 Å². The third kappa shape index (κ3) is 1.70. The van der Waals surface area contributed by atoms with E-state index in [9.17, 15) is 4.79 Å². The number of carbonyl (C=O) groups is 1. The summed E-state index contributed by atoms with van der Waals surface area (Å²) in [4.78, 5) is 12.3. The van der Waals surface area contributed by atoms with Crippen LogP contribution in [0.25, 0.3) is 10.8 Å². The molecule has 0 radical (unpaired) electrons. The molecule has 1 atom stereocenters. The molecule has 0 aromatic heterocycles. The zero-order valence-electron chi connectivity index (χ0n) is 12.6. The number of fused-ring (bicyclic) bond motifs is 2. The molecule has 3 aromatic carbocycles. The van der Waals surface area contributed by atoms with Gasteiger partial charge >= 0.3 is 5.97 Å². The molecule has 0 aliphatic carbocycles. The first-order valence-electron chi connectivity index (χ1n) is 7.42. The van der Waals surface area contributed by atoms with Crippen molar-refractivity contribution in [2.45, 2.75) is 19.4 Å². The van der Waals surface area contributed by atoms with Gasteiger partial charge in [-0.2, -0.15) is 0 Å². The molecule has 1 heterocycles. The highest BCUT2D eigenvalue weighted by molar-refractivity contribution is 5.97. The third-order valence-corrected chi connectivity index (χ3v) is 4.48. The number of carbonyl (C=O) groups excluding carboxylic acids is 1. The Kier molecular flexibility index (Phi) is 2.64. The molecule has 4 rings (SSSR count). The van der Waals surface area contributed by atoms with Gasteiger partial charge in [-0.1, -0.05) is 60.2 Å². The molecule has 0 unspecified atom stereocenters. The summed E-state index contributed by atoms with van der Waals surface area (Å²) in [7, 11) is 0. The molecular formula is C20H16O2. The van der Waals surface area contributed by atoms with Crippen molar-refractivity contribution in [3.8, 4) is 0 Å². The maximum Gasteiger partial charge on any atom is 0.339 e. The summed E-state index contributed by atoms with van der Waals surface area (Å²) in [5.74, 6) is -0.247. The Labute approximate surface area is 129 Å². The van der Waals surface area contributed by atoms with Crippen LogP contribution in [0.2, 0.25) is 0 Å². The molecule has 0 amide bonds. The predicted molar refractivity (Wildman–Crippen MR) is 87.0 cm³/mol. The number of hydrogen-bond acceptors (Lipinski definition) is 2. The molecule has 0 spiro atoms. The van der Waals surface area contributed by atoms with Crippen molar-refractivity contribution in [2.24, 2.45) is 0 Å². The molecule has 0 saturated heterocycles. The van der Waals surface area contributed by atoms with Crippen molar-refractivity contribution in [1.82, 2.24) is 0 Å². The molecule has 3 aromatic rings. The van der Waals surface area contributed by atoms with E-state index in [1.165, 1.54) is 5.39 Å². The van der Waals surface area contributed by atoms with E-state index >= 15 is 0 Å². The first kappa shape index (κ1) is 13.1. The second-order valence-electron chi connectivity index (χ2n) is 6.00. The van der Waals surface area contributed by atoms with Crippen LogP contribution in [0.15, 0.2) is 60.7 Å². The van der Waals surface area contributed by atoms with Gasteiger partial charge in [0, 0.05) is 11.1 Å². The molecule has 22 heavy (non-hydrogen) atoms. The highest BCUT2D eigenvalue weighted by Gasteiger charge is 2.43. The van der Waals surface area contributed by atoms with Crippen LogP contribution in [-0.4, -0.2) is 5.97 Å². The van der Waals surface area contributed by atoms with Crippen LogP contribution in [0.4, 0.5) is 0 Å². The van der Waals surface area contributed by atoms with Crippen LogP contribution < -0.4 is 0 Å². The lowest BCUT2D eigenvalue weighted by atomic mass is 9.83. The number of esters is 1. The van der Waals surface area contributed by atoms with Gasteiger partial charge in [0.1, 0.15) is 0 Å². The van der Waals surface area contributed by atoms with Crippen molar-refractivity contribution in [1.29, 1.82) is 0 Å². The highest BCUT2D eigenvalue weighted by atomic mass is 16.6. The van der Waals surface area contributed by atoms with E-state index in [0.717, 1.165) is 22.1 Å². The lowest BCUT2D eigenvalue weighted by molar-refractivity contribution is 0.0185. The van der Waals surface area contributed by atoms with Crippen LogP contribution in [0, 0.1) is 6.92 Å². The monoisotopic (exact) mass is 288 g/mol. The van der Waals surface area contributed by atoms with E-state index in [0.29, 0.717) is 5.56 Å². The lowest BCUT2D eigenvalue weighted by Gasteiger charge is -2.26. The minimum Gasteiger partial charge on any atom is -0.446 e. The molecule has 0 saturated carbocycles. The Morgan fingerprint density at radius 3 is 2.50 bits per heavy atom. The van der Waals surface area contributed by atoms with Crippen LogP contribution in [0.5, 0.6) is 0 Å². The van der Waals surface area contributed by atoms with Crippen LogP contribution in [0.1, 0.15) is 34.0 Å². The first-order chi connectivity index (χ1) is 10.6. The van der Waals surface area contributed by atoms with Crippen LogP contribution in [-0.2, 0) is 10.3 Å². The molecule has 2 heteroatoms. The fraction of sp³-hybridized carbons (Fsp3) is 0.150. The second-order valence-corrected chi connectivity index (χ2v) is 6.00. The summed E-state index contributed by atoms with van der Waals surface area (Å²) in [6.07, 6.45) is 0. The molecule has 2 nitrogen and oxygen atoms in total. The van der Waals surface area contributed by atoms with Gasteiger partial charge < -0.3 is 4.74 Å². The smallest absolute Gasteiger partial charge is 0.339 e. The van der Waals surface area contributed by atoms with Crippen molar-refractivity contribution in [3.05, 3.63) is 82.9 Å². The molecule has 0 fully saturated rings. The van der Waals surface area contributed by atoms with Crippen molar-refractivity contribution in [2.75, 3.05) is 0 Å². The Morgan fingerprint density at radius 1 is 0.909 bits per heavy atom. The molecule has 108 valence electrons. The molecule has 0 N–H and O–H groups in total. The number of benzene rings is 3. The Balaban J connectivity index is 2.06. The van der Waals surface area contributed by atoms with E-state index in [1.54, 1.807) is 0 Å². The Bertz CT molecular complexity index is 910. The van der Waals surface area contributed by atoms with E-state index in [-0.39, 0.29) is 5.97 Å². The van der Waals surface area contributed by atoms with Crippen molar-refractivity contribution < 1.29 is 9.53 Å². The molecule has 1 aliphatic heterocycles. The topological polar surface area (TPSA) is 26.3 Å². The predicted octanol–water partition coefficient (Wildman–Crippen LogP) is 4.58. The number of ether oxygens (including phenoxy) is 1. The Morgan fingerprint density at radius 2 is 1.64 bits per heavy atom. The summed E-state index contributed by atoms with van der Waals surface area (Å²) >= 11 is 0. The fourth-order valence-corrected chi connectivity index (χ4v) is 3.43. The minimum atomic E-state index is -0.737. The highest BCUT2D eigenvalue weighted by Crippen LogP contribution is 2.44. The molecule has 0 bridgehead atoms. The maximum atomic E-state index is 12.3. The van der Waals surface area contributed by atoms with Gasteiger partial charge in [-0.05, 0) is 30.7 Å². The van der Waals surface area contributed by atoms with Gasteiger partial charge in [0.05, 0.1) is 5.56 Å². The van der Waals surface area contributed by atoms with Gasteiger partial charge in [0.25, 0.3) is 0 Å². The van der Waals surface area contributed by atoms with Gasteiger partial charge in [0.15, 0.2) is 5.60 Å². The summed E-state index contributed by atoms with van der Waals surface area (Å²) in [5, 5.41) is 2.29. The zero-order valence-corrected chi connectivity index (χ0v) is 12.6. The summed E-state index contributed by atoms with van der Waals surface area (Å²) in [6.45, 7) is 4.06. The van der Waals surface area contributed by atoms with Gasteiger partial charge in [-0.25, -0.2) is 4.79 Å². The standard InChI is InChI=1S/C20H16O2/c1-13-11-14-7-3-4-8-15(14)18(12-13)20(2)17-10-6-5-9-16(17)19(21)22-20/h3-12H,1-2H3/t20-/m1/s1. The minimum absolute atomic E-state index is 0.247. The third-order valence-electron chi connectivity index (χ3n) is 4.48. The van der Waals surface area contributed by atoms with E-state index in [4.69, 9.17) is 4.74 Å². The fourth-order valence-electron chi connectivity index (χ4n) is 3.43. The van der Waals surface area contributed by atoms with Crippen LogP contribution >= 0.6 is 0 Å². The number of cyclic esters (lactones) is 1. The average molecular weight is 288 g/mol. The number of hydrogen-bond donors (Lipinski definition) is 0. The van der Waals surface area contributed by atoms with Gasteiger partial charge in [0.2, 0.25) is 0 Å². The van der Waals surface area contributed by atoms with Crippen LogP contribution in [0.3, 0.4) is 0 Å². The Hall–Kier alpha value is -2.61. The normalized spacial score (nSPS) is 20.0. The summed E-state index contributed by atoms with van der Waals surface area (Å²) in [5.41, 5.74) is 3.07. The van der Waals surface area contributed by atoms with Gasteiger partial charge in [-0.15, -0.1) is 0 Å². The second kappa shape index (κ2) is 4.44. The summed E-state index contributed by atoms with van der Waals surface area (Å²) < 4.78 is 5.83. The summed E-state index contributed by atoms with van der Waals surface area (Å²) in [6, 6.07) is 20.2. The van der Waals surface area contributed by atoms with Crippen molar-refractivity contribution >= 4 is 16.7 Å².